The number of carbonyl (C=O) groups excluding carboxylic acids is 1. The third kappa shape index (κ3) is 4.82. The third-order valence-corrected chi connectivity index (χ3v) is 3.44. The first-order valence-corrected chi connectivity index (χ1v) is 7.09. The van der Waals surface area contributed by atoms with Crippen molar-refractivity contribution in [3.8, 4) is 0 Å². The molecule has 0 fully saturated rings. The van der Waals surface area contributed by atoms with Gasteiger partial charge in [0.1, 0.15) is 12.4 Å². The molecule has 0 spiro atoms. The van der Waals surface area contributed by atoms with Crippen molar-refractivity contribution in [3.63, 3.8) is 0 Å². The second-order valence-corrected chi connectivity index (χ2v) is 5.32. The number of rotatable bonds is 8. The van der Waals surface area contributed by atoms with E-state index in [2.05, 4.69) is 15.5 Å². The first-order chi connectivity index (χ1) is 9.45. The number of aliphatic hydroxyl groups is 1. The summed E-state index contributed by atoms with van der Waals surface area (Å²) in [4.78, 5) is 22.5. The molecule has 8 nitrogen and oxygen atoms in total. The van der Waals surface area contributed by atoms with Crippen LogP contribution in [0.3, 0.4) is 0 Å². The summed E-state index contributed by atoms with van der Waals surface area (Å²) in [5.74, 6) is -1.54. The molecular weight excluding hydrogens is 284 g/mol. The van der Waals surface area contributed by atoms with Crippen LogP contribution in [0.25, 0.3) is 0 Å². The van der Waals surface area contributed by atoms with Gasteiger partial charge >= 0.3 is 5.97 Å². The highest BCUT2D eigenvalue weighted by molar-refractivity contribution is 7.99. The molecule has 20 heavy (non-hydrogen) atoms. The molecule has 0 aromatic carbocycles. The Morgan fingerprint density at radius 3 is 2.75 bits per heavy atom. The number of carboxylic acids is 1. The number of amides is 1. The summed E-state index contributed by atoms with van der Waals surface area (Å²) in [5, 5.41) is 28.2. The van der Waals surface area contributed by atoms with E-state index in [0.717, 1.165) is 0 Å². The van der Waals surface area contributed by atoms with Gasteiger partial charge in [-0.3, -0.25) is 4.79 Å². The molecule has 0 aliphatic rings. The summed E-state index contributed by atoms with van der Waals surface area (Å²) in [6.45, 7) is 3.64. The quantitative estimate of drug-likeness (QED) is 0.574. The van der Waals surface area contributed by atoms with Gasteiger partial charge in [-0.05, 0) is 13.8 Å². The zero-order chi connectivity index (χ0) is 15.1. The second kappa shape index (κ2) is 7.85. The Kier molecular flexibility index (Phi) is 6.46. The Bertz CT molecular complexity index is 463. The average Bonchev–Trinajstić information content (AvgIpc) is 2.84. The maximum absolute atomic E-state index is 11.7. The number of nitrogens with zero attached hydrogens (tertiary/aromatic N) is 3. The van der Waals surface area contributed by atoms with Gasteiger partial charge in [0.2, 0.25) is 5.91 Å². The standard InChI is InChI=1S/C11H18N4O4S/c1-7(2)15-6-12-14-11(15)20-5-9(17)13-8(3-4-16)10(18)19/h6-8,16H,3-5H2,1-2H3,(H,13,17)(H,18,19)/t8-/m1/s1. The van der Waals surface area contributed by atoms with E-state index in [0.29, 0.717) is 5.16 Å². The fraction of sp³-hybridized carbons (Fsp3) is 0.636. The van der Waals surface area contributed by atoms with E-state index in [1.165, 1.54) is 11.8 Å². The summed E-state index contributed by atoms with van der Waals surface area (Å²) >= 11 is 1.18. The van der Waals surface area contributed by atoms with Crippen molar-refractivity contribution in [3.05, 3.63) is 6.33 Å². The number of thioether (sulfide) groups is 1. The number of aromatic nitrogens is 3. The maximum atomic E-state index is 11.7. The van der Waals surface area contributed by atoms with Gasteiger partial charge in [0.15, 0.2) is 5.16 Å². The lowest BCUT2D eigenvalue weighted by Crippen LogP contribution is -2.42. The van der Waals surface area contributed by atoms with E-state index in [4.69, 9.17) is 10.2 Å². The number of aliphatic carboxylic acids is 1. The highest BCUT2D eigenvalue weighted by atomic mass is 32.2. The molecule has 0 saturated heterocycles. The normalized spacial score (nSPS) is 12.4. The van der Waals surface area contributed by atoms with E-state index in [-0.39, 0.29) is 24.8 Å². The van der Waals surface area contributed by atoms with E-state index in [1.54, 1.807) is 6.33 Å². The van der Waals surface area contributed by atoms with Crippen LogP contribution in [-0.2, 0) is 9.59 Å². The van der Waals surface area contributed by atoms with Crippen molar-refractivity contribution in [1.29, 1.82) is 0 Å². The highest BCUT2D eigenvalue weighted by Gasteiger charge is 2.19. The fourth-order valence-corrected chi connectivity index (χ4v) is 2.30. The lowest BCUT2D eigenvalue weighted by Gasteiger charge is -2.13. The monoisotopic (exact) mass is 302 g/mol. The van der Waals surface area contributed by atoms with Crippen LogP contribution in [0.2, 0.25) is 0 Å². The number of nitrogens with one attached hydrogen (secondary N) is 1. The minimum Gasteiger partial charge on any atom is -0.480 e. The van der Waals surface area contributed by atoms with Gasteiger partial charge in [-0.1, -0.05) is 11.8 Å². The number of carbonyl (C=O) groups is 2. The molecule has 9 heteroatoms. The van der Waals surface area contributed by atoms with Crippen LogP contribution in [-0.4, -0.2) is 55.3 Å². The molecule has 0 bridgehead atoms. The first kappa shape index (κ1) is 16.4. The van der Waals surface area contributed by atoms with Gasteiger partial charge in [0, 0.05) is 19.1 Å². The molecule has 1 atom stereocenters. The van der Waals surface area contributed by atoms with E-state index < -0.39 is 17.9 Å². The molecule has 0 unspecified atom stereocenters. The van der Waals surface area contributed by atoms with Crippen LogP contribution in [0.5, 0.6) is 0 Å². The van der Waals surface area contributed by atoms with Crippen LogP contribution in [0.1, 0.15) is 26.3 Å². The second-order valence-electron chi connectivity index (χ2n) is 4.37. The van der Waals surface area contributed by atoms with Gasteiger partial charge < -0.3 is 20.1 Å². The Hall–Kier alpha value is -1.61. The van der Waals surface area contributed by atoms with E-state index >= 15 is 0 Å². The first-order valence-electron chi connectivity index (χ1n) is 6.11. The lowest BCUT2D eigenvalue weighted by atomic mass is 10.2. The van der Waals surface area contributed by atoms with Gasteiger partial charge in [-0.25, -0.2) is 4.79 Å². The third-order valence-electron chi connectivity index (χ3n) is 2.48. The summed E-state index contributed by atoms with van der Waals surface area (Å²) in [6, 6.07) is -0.896. The van der Waals surface area contributed by atoms with E-state index in [1.807, 2.05) is 18.4 Å². The average molecular weight is 302 g/mol. The van der Waals surface area contributed by atoms with E-state index in [9.17, 15) is 9.59 Å². The van der Waals surface area contributed by atoms with Crippen LogP contribution < -0.4 is 5.32 Å². The van der Waals surface area contributed by atoms with Gasteiger partial charge in [0.25, 0.3) is 0 Å². The molecule has 1 aromatic heterocycles. The molecule has 1 amide bonds. The molecular formula is C11H18N4O4S. The molecule has 1 aromatic rings. The van der Waals surface area contributed by atoms with Gasteiger partial charge in [0.05, 0.1) is 5.75 Å². The summed E-state index contributed by atoms with van der Waals surface area (Å²) in [7, 11) is 0. The summed E-state index contributed by atoms with van der Waals surface area (Å²) < 4.78 is 1.82. The number of carboxylic acid groups (broad SMARTS) is 1. The van der Waals surface area contributed by atoms with Crippen molar-refractivity contribution < 1.29 is 19.8 Å². The van der Waals surface area contributed by atoms with Crippen molar-refractivity contribution in [2.24, 2.45) is 0 Å². The summed E-state index contributed by atoms with van der Waals surface area (Å²) in [6.07, 6.45) is 1.56. The zero-order valence-corrected chi connectivity index (χ0v) is 12.1. The number of aliphatic hydroxyl groups excluding tert-OH is 1. The molecule has 112 valence electrons. The van der Waals surface area contributed by atoms with Crippen LogP contribution in [0.15, 0.2) is 11.5 Å². The molecule has 0 aliphatic heterocycles. The minimum absolute atomic E-state index is 0.0199. The van der Waals surface area contributed by atoms with Gasteiger partial charge in [-0.2, -0.15) is 0 Å². The van der Waals surface area contributed by atoms with Crippen molar-refractivity contribution in [1.82, 2.24) is 20.1 Å². The Morgan fingerprint density at radius 2 is 2.20 bits per heavy atom. The highest BCUT2D eigenvalue weighted by Crippen LogP contribution is 2.18. The predicted molar refractivity (Wildman–Crippen MR) is 72.4 cm³/mol. The van der Waals surface area contributed by atoms with Crippen LogP contribution in [0.4, 0.5) is 0 Å². The summed E-state index contributed by atoms with van der Waals surface area (Å²) in [5.41, 5.74) is 0. The topological polar surface area (TPSA) is 117 Å². The van der Waals surface area contributed by atoms with Crippen molar-refractivity contribution in [2.45, 2.75) is 37.5 Å². The molecule has 1 heterocycles. The molecule has 3 N–H and O–H groups in total. The maximum Gasteiger partial charge on any atom is 0.326 e. The number of hydrogen-bond acceptors (Lipinski definition) is 6. The Balaban J connectivity index is 2.50. The minimum atomic E-state index is -1.16. The van der Waals surface area contributed by atoms with Crippen molar-refractivity contribution in [2.75, 3.05) is 12.4 Å². The predicted octanol–water partition coefficient (Wildman–Crippen LogP) is -0.0971. The molecule has 0 saturated carbocycles. The van der Waals surface area contributed by atoms with Gasteiger partial charge in [-0.15, -0.1) is 10.2 Å². The van der Waals surface area contributed by atoms with Crippen molar-refractivity contribution >= 4 is 23.6 Å². The number of hydrogen-bond donors (Lipinski definition) is 3. The molecule has 0 radical (unpaired) electrons. The van der Waals surface area contributed by atoms with Crippen LogP contribution >= 0.6 is 11.8 Å². The zero-order valence-electron chi connectivity index (χ0n) is 11.3. The van der Waals surface area contributed by atoms with Crippen LogP contribution in [0, 0.1) is 0 Å². The molecule has 0 aliphatic carbocycles. The smallest absolute Gasteiger partial charge is 0.326 e. The largest absolute Gasteiger partial charge is 0.480 e. The molecule has 1 rings (SSSR count). The Morgan fingerprint density at radius 1 is 1.50 bits per heavy atom. The Labute approximate surface area is 120 Å². The SMILES string of the molecule is CC(C)n1cnnc1SCC(=O)N[C@H](CCO)C(=O)O. The fourth-order valence-electron chi connectivity index (χ4n) is 1.44. The lowest BCUT2D eigenvalue weighted by molar-refractivity contribution is -0.141.